The van der Waals surface area contributed by atoms with Gasteiger partial charge in [-0.3, -0.25) is 4.79 Å². The Morgan fingerprint density at radius 3 is 2.68 bits per heavy atom. The minimum Gasteiger partial charge on any atom is -0.481 e. The molecule has 0 fully saturated rings. The Balaban J connectivity index is 2.11. The molecule has 2 aromatic rings. The van der Waals surface area contributed by atoms with Crippen molar-refractivity contribution >= 4 is 29.3 Å². The highest BCUT2D eigenvalue weighted by molar-refractivity contribution is 7.99. The molecule has 0 saturated carbocycles. The third kappa shape index (κ3) is 3.90. The summed E-state index contributed by atoms with van der Waals surface area (Å²) >= 11 is 7.57. The quantitative estimate of drug-likeness (QED) is 0.855. The smallest absolute Gasteiger partial charge is 0.304 e. The Labute approximate surface area is 119 Å². The average molecular weight is 296 g/mol. The van der Waals surface area contributed by atoms with E-state index in [0.717, 1.165) is 10.5 Å². The van der Waals surface area contributed by atoms with Gasteiger partial charge in [-0.1, -0.05) is 11.6 Å². The number of rotatable bonds is 5. The topological polar surface area (TPSA) is 76.0 Å². The monoisotopic (exact) mass is 295 g/mol. The molecule has 1 aromatic heterocycles. The van der Waals surface area contributed by atoms with E-state index in [1.807, 2.05) is 12.1 Å². The molecule has 98 valence electrons. The van der Waals surface area contributed by atoms with Crippen molar-refractivity contribution in [1.29, 1.82) is 0 Å². The highest BCUT2D eigenvalue weighted by atomic mass is 35.5. The van der Waals surface area contributed by atoms with Crippen molar-refractivity contribution in [1.82, 2.24) is 15.0 Å². The second-order valence-corrected chi connectivity index (χ2v) is 5.14. The van der Waals surface area contributed by atoms with Crippen LogP contribution in [0.5, 0.6) is 0 Å². The number of carboxylic acids is 1. The third-order valence-corrected chi connectivity index (χ3v) is 3.76. The normalized spacial score (nSPS) is 10.4. The van der Waals surface area contributed by atoms with Crippen LogP contribution in [-0.2, 0) is 4.79 Å². The Morgan fingerprint density at radius 2 is 2.05 bits per heavy atom. The lowest BCUT2D eigenvalue weighted by atomic mass is 10.2. The number of aromatic nitrogens is 3. The summed E-state index contributed by atoms with van der Waals surface area (Å²) in [6.07, 6.45) is 2.95. The van der Waals surface area contributed by atoms with E-state index in [1.165, 1.54) is 24.4 Å². The summed E-state index contributed by atoms with van der Waals surface area (Å²) in [5.41, 5.74) is 0.801. The molecule has 0 spiro atoms. The molecular weight excluding hydrogens is 286 g/mol. The van der Waals surface area contributed by atoms with Crippen LogP contribution in [0.15, 0.2) is 35.7 Å². The highest BCUT2D eigenvalue weighted by Gasteiger charge is 2.07. The zero-order valence-electron chi connectivity index (χ0n) is 9.78. The van der Waals surface area contributed by atoms with Crippen LogP contribution in [0.1, 0.15) is 6.42 Å². The highest BCUT2D eigenvalue weighted by Crippen LogP contribution is 2.30. The van der Waals surface area contributed by atoms with Crippen LogP contribution in [-0.4, -0.2) is 31.8 Å². The molecule has 0 saturated heterocycles. The maximum absolute atomic E-state index is 10.4. The maximum atomic E-state index is 10.4. The predicted molar refractivity (Wildman–Crippen MR) is 73.2 cm³/mol. The lowest BCUT2D eigenvalue weighted by molar-refractivity contribution is -0.136. The molecule has 5 nitrogen and oxygen atoms in total. The van der Waals surface area contributed by atoms with Crippen LogP contribution in [0, 0.1) is 0 Å². The van der Waals surface area contributed by atoms with Crippen LogP contribution >= 0.6 is 23.4 Å². The van der Waals surface area contributed by atoms with Gasteiger partial charge in [-0.2, -0.15) is 0 Å². The second-order valence-electron chi connectivity index (χ2n) is 3.60. The molecule has 0 unspecified atom stereocenters. The summed E-state index contributed by atoms with van der Waals surface area (Å²) in [7, 11) is 0. The van der Waals surface area contributed by atoms with Crippen LogP contribution in [0.2, 0.25) is 5.02 Å². The Morgan fingerprint density at radius 1 is 1.32 bits per heavy atom. The fourth-order valence-corrected chi connectivity index (χ4v) is 2.60. The predicted octanol–water partition coefficient (Wildman–Crippen LogP) is 2.76. The number of halogens is 1. The molecule has 0 bridgehead atoms. The van der Waals surface area contributed by atoms with E-state index in [9.17, 15) is 4.79 Å². The van der Waals surface area contributed by atoms with E-state index in [4.69, 9.17) is 16.7 Å². The molecule has 0 aliphatic carbocycles. The van der Waals surface area contributed by atoms with E-state index in [2.05, 4.69) is 15.0 Å². The van der Waals surface area contributed by atoms with E-state index in [-0.39, 0.29) is 6.42 Å². The van der Waals surface area contributed by atoms with Crippen LogP contribution in [0.4, 0.5) is 0 Å². The van der Waals surface area contributed by atoms with Crippen molar-refractivity contribution in [3.05, 3.63) is 35.9 Å². The average Bonchev–Trinajstić information content (AvgIpc) is 2.41. The van der Waals surface area contributed by atoms with Gasteiger partial charge in [0.1, 0.15) is 12.7 Å². The summed E-state index contributed by atoms with van der Waals surface area (Å²) in [5, 5.41) is 9.15. The van der Waals surface area contributed by atoms with Gasteiger partial charge in [0.2, 0.25) is 0 Å². The fourth-order valence-electron chi connectivity index (χ4n) is 1.39. The van der Waals surface area contributed by atoms with Gasteiger partial charge >= 0.3 is 5.97 Å². The van der Waals surface area contributed by atoms with Crippen molar-refractivity contribution in [2.45, 2.75) is 11.3 Å². The number of nitrogens with zero attached hydrogens (tertiary/aromatic N) is 3. The van der Waals surface area contributed by atoms with E-state index >= 15 is 0 Å². The molecule has 0 radical (unpaired) electrons. The van der Waals surface area contributed by atoms with E-state index < -0.39 is 5.97 Å². The number of hydrogen-bond acceptors (Lipinski definition) is 5. The number of aliphatic carboxylic acids is 1. The van der Waals surface area contributed by atoms with Crippen molar-refractivity contribution in [3.63, 3.8) is 0 Å². The van der Waals surface area contributed by atoms with Crippen LogP contribution < -0.4 is 0 Å². The largest absolute Gasteiger partial charge is 0.481 e. The number of hydrogen-bond donors (Lipinski definition) is 1. The summed E-state index contributed by atoms with van der Waals surface area (Å²) in [5.74, 6) is 0.226. The number of benzene rings is 1. The molecule has 2 rings (SSSR count). The van der Waals surface area contributed by atoms with E-state index in [1.54, 1.807) is 6.07 Å². The van der Waals surface area contributed by atoms with Crippen molar-refractivity contribution in [3.8, 4) is 11.4 Å². The maximum Gasteiger partial charge on any atom is 0.304 e. The molecule has 0 atom stereocenters. The molecule has 1 heterocycles. The van der Waals surface area contributed by atoms with Gasteiger partial charge in [0.15, 0.2) is 5.82 Å². The molecule has 1 aromatic carbocycles. The van der Waals surface area contributed by atoms with Crippen molar-refractivity contribution < 1.29 is 9.90 Å². The van der Waals surface area contributed by atoms with Crippen molar-refractivity contribution in [2.24, 2.45) is 0 Å². The lowest BCUT2D eigenvalue weighted by Crippen LogP contribution is -1.96. The molecule has 0 amide bonds. The molecular formula is C12H10ClN3O2S. The number of thioether (sulfide) groups is 1. The first-order valence-corrected chi connectivity index (χ1v) is 6.79. The van der Waals surface area contributed by atoms with Gasteiger partial charge in [0, 0.05) is 16.2 Å². The fraction of sp³-hybridized carbons (Fsp3) is 0.167. The first-order chi connectivity index (χ1) is 9.16. The Hall–Kier alpha value is -1.66. The van der Waals surface area contributed by atoms with E-state index in [0.29, 0.717) is 16.6 Å². The number of carboxylic acid groups (broad SMARTS) is 1. The number of carbonyl (C=O) groups is 1. The van der Waals surface area contributed by atoms with Gasteiger partial charge in [0.25, 0.3) is 0 Å². The summed E-state index contributed by atoms with van der Waals surface area (Å²) in [6, 6.07) is 5.46. The minimum absolute atomic E-state index is 0.107. The van der Waals surface area contributed by atoms with Gasteiger partial charge in [-0.05, 0) is 18.2 Å². The Bertz CT molecular complexity index is 580. The van der Waals surface area contributed by atoms with Gasteiger partial charge < -0.3 is 5.11 Å². The SMILES string of the molecule is O=C(O)CCSc1ccc(-c2ncncn2)cc1Cl. The lowest BCUT2D eigenvalue weighted by Gasteiger charge is -2.05. The first-order valence-electron chi connectivity index (χ1n) is 5.43. The zero-order chi connectivity index (χ0) is 13.7. The molecule has 19 heavy (non-hydrogen) atoms. The summed E-state index contributed by atoms with van der Waals surface area (Å²) in [6.45, 7) is 0. The third-order valence-electron chi connectivity index (χ3n) is 2.26. The van der Waals surface area contributed by atoms with Crippen LogP contribution in [0.3, 0.4) is 0 Å². The molecule has 0 aliphatic rings. The van der Waals surface area contributed by atoms with Gasteiger partial charge in [-0.15, -0.1) is 11.8 Å². The molecule has 1 N–H and O–H groups in total. The summed E-state index contributed by atoms with van der Waals surface area (Å²) < 4.78 is 0. The summed E-state index contributed by atoms with van der Waals surface area (Å²) in [4.78, 5) is 23.1. The van der Waals surface area contributed by atoms with Crippen LogP contribution in [0.25, 0.3) is 11.4 Å². The Kier molecular flexibility index (Phi) is 4.70. The zero-order valence-corrected chi connectivity index (χ0v) is 11.4. The van der Waals surface area contributed by atoms with Crippen molar-refractivity contribution in [2.75, 3.05) is 5.75 Å². The molecule has 7 heteroatoms. The van der Waals surface area contributed by atoms with Gasteiger partial charge in [-0.25, -0.2) is 15.0 Å². The van der Waals surface area contributed by atoms with Gasteiger partial charge in [0.05, 0.1) is 11.4 Å². The first kappa shape index (κ1) is 13.8. The molecule has 0 aliphatic heterocycles. The standard InChI is InChI=1S/C12H10ClN3O2S/c13-9-5-8(12-15-6-14-7-16-12)1-2-10(9)19-4-3-11(17)18/h1-2,5-7H,3-4H2,(H,17,18). The second kappa shape index (κ2) is 6.49. The minimum atomic E-state index is -0.814.